The van der Waals surface area contributed by atoms with E-state index in [-0.39, 0.29) is 29.3 Å². The van der Waals surface area contributed by atoms with Gasteiger partial charge < -0.3 is 10.1 Å². The van der Waals surface area contributed by atoms with Crippen LogP contribution >= 0.6 is 0 Å². The lowest BCUT2D eigenvalue weighted by Gasteiger charge is -2.07. The van der Waals surface area contributed by atoms with E-state index in [4.69, 9.17) is 10.00 Å². The van der Waals surface area contributed by atoms with E-state index in [1.807, 2.05) is 6.07 Å². The molecular formula is C16H20N2O2. The van der Waals surface area contributed by atoms with Crippen molar-refractivity contribution in [2.75, 3.05) is 11.9 Å². The van der Waals surface area contributed by atoms with Crippen LogP contribution in [-0.4, -0.2) is 12.5 Å². The molecule has 0 radical (unpaired) electrons. The molecule has 1 amide bonds. The second-order valence-corrected chi connectivity index (χ2v) is 6.34. The Kier molecular flexibility index (Phi) is 3.47. The first-order chi connectivity index (χ1) is 9.30. The average Bonchev–Trinajstić information content (AvgIpc) is 2.79. The van der Waals surface area contributed by atoms with Crippen LogP contribution in [-0.2, 0) is 4.79 Å². The van der Waals surface area contributed by atoms with Crippen LogP contribution in [0.5, 0.6) is 5.75 Å². The van der Waals surface area contributed by atoms with Crippen LogP contribution in [0.25, 0.3) is 0 Å². The summed E-state index contributed by atoms with van der Waals surface area (Å²) in [6.45, 7) is 8.51. The fourth-order valence-electron chi connectivity index (χ4n) is 2.82. The number of benzene rings is 1. The maximum absolute atomic E-state index is 12.3. The van der Waals surface area contributed by atoms with E-state index < -0.39 is 0 Å². The zero-order valence-corrected chi connectivity index (χ0v) is 12.4. The fraction of sp³-hybridized carbons (Fsp3) is 0.500. The molecule has 4 heteroatoms. The summed E-state index contributed by atoms with van der Waals surface area (Å²) in [5.41, 5.74) is 0.817. The summed E-state index contributed by atoms with van der Waals surface area (Å²) in [6.07, 6.45) is 0. The number of ether oxygens (including phenoxy) is 1. The van der Waals surface area contributed by atoms with Gasteiger partial charge in [-0.2, -0.15) is 5.26 Å². The first-order valence-electron chi connectivity index (χ1n) is 6.71. The van der Waals surface area contributed by atoms with E-state index in [0.717, 1.165) is 5.69 Å². The van der Waals surface area contributed by atoms with Crippen LogP contribution in [0.1, 0.15) is 27.7 Å². The molecule has 1 aromatic carbocycles. The minimum Gasteiger partial charge on any atom is -0.479 e. The summed E-state index contributed by atoms with van der Waals surface area (Å²) >= 11 is 0. The van der Waals surface area contributed by atoms with Crippen molar-refractivity contribution in [3.05, 3.63) is 24.3 Å². The SMILES string of the molecule is CC1(C)C(C(=O)Nc2ccc(OCC#N)cc2)C1(C)C. The third-order valence-electron chi connectivity index (χ3n) is 4.71. The Hall–Kier alpha value is -2.02. The molecule has 0 heterocycles. The second-order valence-electron chi connectivity index (χ2n) is 6.34. The highest BCUT2D eigenvalue weighted by Crippen LogP contribution is 2.68. The smallest absolute Gasteiger partial charge is 0.228 e. The normalized spacial score (nSPS) is 18.9. The zero-order chi connectivity index (χ0) is 15.0. The zero-order valence-electron chi connectivity index (χ0n) is 12.4. The summed E-state index contributed by atoms with van der Waals surface area (Å²) in [4.78, 5) is 12.3. The van der Waals surface area contributed by atoms with Crippen LogP contribution in [0.15, 0.2) is 24.3 Å². The number of rotatable bonds is 4. The molecule has 1 saturated carbocycles. The summed E-state index contributed by atoms with van der Waals surface area (Å²) in [7, 11) is 0. The fourth-order valence-corrected chi connectivity index (χ4v) is 2.82. The van der Waals surface area contributed by atoms with Gasteiger partial charge in [0, 0.05) is 11.6 Å². The lowest BCUT2D eigenvalue weighted by molar-refractivity contribution is -0.118. The minimum atomic E-state index is 0.0240. The van der Waals surface area contributed by atoms with Gasteiger partial charge in [0.15, 0.2) is 6.61 Å². The molecule has 1 aliphatic rings. The van der Waals surface area contributed by atoms with Crippen molar-refractivity contribution in [2.45, 2.75) is 27.7 Å². The summed E-state index contributed by atoms with van der Waals surface area (Å²) in [6, 6.07) is 8.97. The standard InChI is InChI=1S/C16H20N2O2/c1-15(2)13(16(15,3)4)14(19)18-11-5-7-12(8-6-11)20-10-9-17/h5-8,13H,10H2,1-4H3,(H,18,19). The second kappa shape index (κ2) is 4.82. The van der Waals surface area contributed by atoms with Crippen molar-refractivity contribution >= 4 is 11.6 Å². The Balaban J connectivity index is 1.98. The topological polar surface area (TPSA) is 62.1 Å². The first kappa shape index (κ1) is 14.4. The van der Waals surface area contributed by atoms with Gasteiger partial charge in [0.1, 0.15) is 11.8 Å². The van der Waals surface area contributed by atoms with Crippen LogP contribution in [0.3, 0.4) is 0 Å². The predicted octanol–water partition coefficient (Wildman–Crippen LogP) is 3.21. The molecule has 0 saturated heterocycles. The molecule has 1 fully saturated rings. The van der Waals surface area contributed by atoms with Crippen molar-refractivity contribution in [2.24, 2.45) is 16.7 Å². The Labute approximate surface area is 119 Å². The van der Waals surface area contributed by atoms with Gasteiger partial charge in [-0.15, -0.1) is 0 Å². The lowest BCUT2D eigenvalue weighted by Crippen LogP contribution is -2.17. The van der Waals surface area contributed by atoms with Crippen molar-refractivity contribution in [1.82, 2.24) is 0 Å². The Morgan fingerprint density at radius 3 is 2.25 bits per heavy atom. The van der Waals surface area contributed by atoms with Gasteiger partial charge >= 0.3 is 0 Å². The van der Waals surface area contributed by atoms with Gasteiger partial charge in [0.05, 0.1) is 0 Å². The number of hydrogen-bond donors (Lipinski definition) is 1. The van der Waals surface area contributed by atoms with Gasteiger partial charge in [-0.3, -0.25) is 4.79 Å². The van der Waals surface area contributed by atoms with Crippen molar-refractivity contribution < 1.29 is 9.53 Å². The molecule has 0 aromatic heterocycles. The monoisotopic (exact) mass is 272 g/mol. The van der Waals surface area contributed by atoms with E-state index in [2.05, 4.69) is 33.0 Å². The van der Waals surface area contributed by atoms with E-state index in [0.29, 0.717) is 5.75 Å². The molecule has 0 spiro atoms. The largest absolute Gasteiger partial charge is 0.479 e. The number of amides is 1. The van der Waals surface area contributed by atoms with Crippen LogP contribution in [0, 0.1) is 28.1 Å². The van der Waals surface area contributed by atoms with Crippen molar-refractivity contribution in [3.8, 4) is 11.8 Å². The number of nitriles is 1. The number of anilines is 1. The summed E-state index contributed by atoms with van der Waals surface area (Å²) in [5, 5.41) is 11.4. The summed E-state index contributed by atoms with van der Waals surface area (Å²) in [5.74, 6) is 0.715. The molecule has 0 bridgehead atoms. The molecule has 2 rings (SSSR count). The molecular weight excluding hydrogens is 252 g/mol. The van der Waals surface area contributed by atoms with Crippen LogP contribution in [0.4, 0.5) is 5.69 Å². The lowest BCUT2D eigenvalue weighted by atomic mass is 10.0. The number of carbonyl (C=O) groups is 1. The van der Waals surface area contributed by atoms with E-state index in [1.165, 1.54) is 0 Å². The quantitative estimate of drug-likeness (QED) is 0.915. The molecule has 4 nitrogen and oxygen atoms in total. The number of nitrogens with zero attached hydrogens (tertiary/aromatic N) is 1. The highest BCUT2D eigenvalue weighted by molar-refractivity contribution is 5.96. The maximum atomic E-state index is 12.3. The molecule has 0 atom stereocenters. The molecule has 0 aliphatic heterocycles. The predicted molar refractivity (Wildman–Crippen MR) is 77.2 cm³/mol. The van der Waals surface area contributed by atoms with E-state index in [9.17, 15) is 4.79 Å². The highest BCUT2D eigenvalue weighted by Gasteiger charge is 2.68. The molecule has 1 aromatic rings. The Morgan fingerprint density at radius 2 is 1.80 bits per heavy atom. The average molecular weight is 272 g/mol. The van der Waals surface area contributed by atoms with Gasteiger partial charge in [-0.25, -0.2) is 0 Å². The van der Waals surface area contributed by atoms with Crippen LogP contribution in [0.2, 0.25) is 0 Å². The number of carbonyl (C=O) groups excluding carboxylic acids is 1. The van der Waals surface area contributed by atoms with E-state index >= 15 is 0 Å². The van der Waals surface area contributed by atoms with Gasteiger partial charge in [0.25, 0.3) is 0 Å². The summed E-state index contributed by atoms with van der Waals surface area (Å²) < 4.78 is 5.17. The molecule has 0 unspecified atom stereocenters. The van der Waals surface area contributed by atoms with E-state index in [1.54, 1.807) is 24.3 Å². The Bertz CT molecular complexity index is 539. The van der Waals surface area contributed by atoms with Crippen molar-refractivity contribution in [1.29, 1.82) is 5.26 Å². The highest BCUT2D eigenvalue weighted by atomic mass is 16.5. The molecule has 1 aliphatic carbocycles. The van der Waals surface area contributed by atoms with Gasteiger partial charge in [0.2, 0.25) is 5.91 Å². The molecule has 106 valence electrons. The molecule has 20 heavy (non-hydrogen) atoms. The van der Waals surface area contributed by atoms with Crippen molar-refractivity contribution in [3.63, 3.8) is 0 Å². The van der Waals surface area contributed by atoms with Gasteiger partial charge in [-0.05, 0) is 35.1 Å². The minimum absolute atomic E-state index is 0.0240. The molecule has 1 N–H and O–H groups in total. The first-order valence-corrected chi connectivity index (χ1v) is 6.71. The third kappa shape index (κ3) is 2.36. The van der Waals surface area contributed by atoms with Gasteiger partial charge in [-0.1, -0.05) is 27.7 Å². The Morgan fingerprint density at radius 1 is 1.25 bits per heavy atom. The maximum Gasteiger partial charge on any atom is 0.228 e. The third-order valence-corrected chi connectivity index (χ3v) is 4.71. The number of hydrogen-bond acceptors (Lipinski definition) is 3. The number of nitrogens with one attached hydrogen (secondary N) is 1. The van der Waals surface area contributed by atoms with Crippen LogP contribution < -0.4 is 10.1 Å².